The average Bonchev–Trinajstić information content (AvgIpc) is 1.59. The molecule has 0 spiro atoms. The third-order valence-corrected chi connectivity index (χ3v) is 0.584. The maximum absolute atomic E-state index is 9.73. The van der Waals surface area contributed by atoms with Crippen molar-refractivity contribution in [2.45, 2.75) is 26.4 Å². The van der Waals surface area contributed by atoms with Crippen molar-refractivity contribution in [3.05, 3.63) is 0 Å². The maximum Gasteiger partial charge on any atom is 0.145 e. The van der Waals surface area contributed by atoms with Crippen LogP contribution in [0.2, 0.25) is 0 Å². The second-order valence-corrected chi connectivity index (χ2v) is 2.59. The number of hydrogen-bond acceptors (Lipinski definition) is 2. The van der Waals surface area contributed by atoms with Crippen LogP contribution in [0.15, 0.2) is 0 Å². The van der Waals surface area contributed by atoms with Gasteiger partial charge in [-0.15, -0.1) is 0 Å². The van der Waals surface area contributed by atoms with Crippen molar-refractivity contribution in [2.75, 3.05) is 6.61 Å². The van der Waals surface area contributed by atoms with E-state index in [9.17, 15) is 4.79 Å². The summed E-state index contributed by atoms with van der Waals surface area (Å²) in [5, 5.41) is 0. The van der Waals surface area contributed by atoms with E-state index in [-0.39, 0.29) is 31.7 Å². The van der Waals surface area contributed by atoms with Gasteiger partial charge < -0.3 is 9.53 Å². The van der Waals surface area contributed by atoms with Crippen LogP contribution in [0.3, 0.4) is 0 Å². The third-order valence-electron chi connectivity index (χ3n) is 0.584. The molecular formula is C6H12O2Ru. The van der Waals surface area contributed by atoms with Gasteiger partial charge in [0.15, 0.2) is 0 Å². The molecule has 3 heteroatoms. The molecule has 0 amide bonds. The molecule has 0 heterocycles. The van der Waals surface area contributed by atoms with E-state index in [0.717, 1.165) is 6.29 Å². The van der Waals surface area contributed by atoms with E-state index in [2.05, 4.69) is 0 Å². The summed E-state index contributed by atoms with van der Waals surface area (Å²) >= 11 is 0. The molecule has 0 aliphatic carbocycles. The minimum Gasteiger partial charge on any atom is -0.368 e. The van der Waals surface area contributed by atoms with E-state index in [1.807, 2.05) is 20.8 Å². The fraction of sp³-hybridized carbons (Fsp3) is 0.833. The van der Waals surface area contributed by atoms with E-state index in [1.165, 1.54) is 0 Å². The number of rotatable bonds is 2. The maximum atomic E-state index is 9.73. The molecule has 0 unspecified atom stereocenters. The number of carbonyl (C=O) groups is 1. The molecule has 0 radical (unpaired) electrons. The SMILES string of the molecule is CC(C)(C)OCC=O.[Ru]. The predicted octanol–water partition coefficient (Wildman–Crippen LogP) is 0.998. The Morgan fingerprint density at radius 1 is 1.44 bits per heavy atom. The van der Waals surface area contributed by atoms with Gasteiger partial charge in [-0.05, 0) is 20.8 Å². The summed E-state index contributed by atoms with van der Waals surface area (Å²) in [5.74, 6) is 0. The first-order chi connectivity index (χ1) is 3.56. The summed E-state index contributed by atoms with van der Waals surface area (Å²) in [7, 11) is 0. The molecule has 0 saturated carbocycles. The molecule has 0 bridgehead atoms. The van der Waals surface area contributed by atoms with E-state index < -0.39 is 0 Å². The van der Waals surface area contributed by atoms with Crippen molar-refractivity contribution in [3.8, 4) is 0 Å². The minimum atomic E-state index is -0.180. The molecule has 0 aliphatic rings. The first kappa shape index (κ1) is 12.0. The van der Waals surface area contributed by atoms with Crippen LogP contribution in [-0.2, 0) is 29.0 Å². The van der Waals surface area contributed by atoms with E-state index >= 15 is 0 Å². The molecule has 56 valence electrons. The molecule has 0 fully saturated rings. The van der Waals surface area contributed by atoms with E-state index in [0.29, 0.717) is 0 Å². The number of hydrogen-bond donors (Lipinski definition) is 0. The molecule has 0 rings (SSSR count). The second-order valence-electron chi connectivity index (χ2n) is 2.59. The Labute approximate surface area is 68.7 Å². The van der Waals surface area contributed by atoms with Gasteiger partial charge >= 0.3 is 0 Å². The number of carbonyl (C=O) groups excluding carboxylic acids is 1. The Balaban J connectivity index is 0. The topological polar surface area (TPSA) is 26.3 Å². The summed E-state index contributed by atoms with van der Waals surface area (Å²) in [5.41, 5.74) is -0.180. The Kier molecular flexibility index (Phi) is 6.75. The van der Waals surface area contributed by atoms with Gasteiger partial charge in [0, 0.05) is 19.5 Å². The largest absolute Gasteiger partial charge is 0.368 e. The normalized spacial score (nSPS) is 10.1. The quantitative estimate of drug-likeness (QED) is 0.509. The monoisotopic (exact) mass is 218 g/mol. The number of aldehydes is 1. The molecule has 0 aromatic heterocycles. The molecule has 0 saturated heterocycles. The Morgan fingerprint density at radius 2 is 1.89 bits per heavy atom. The molecule has 0 aliphatic heterocycles. The van der Waals surface area contributed by atoms with Crippen molar-refractivity contribution in [1.29, 1.82) is 0 Å². The van der Waals surface area contributed by atoms with Crippen molar-refractivity contribution in [2.24, 2.45) is 0 Å². The molecule has 9 heavy (non-hydrogen) atoms. The van der Waals surface area contributed by atoms with Gasteiger partial charge in [0.2, 0.25) is 0 Å². The van der Waals surface area contributed by atoms with Gasteiger partial charge in [-0.1, -0.05) is 0 Å². The van der Waals surface area contributed by atoms with Gasteiger partial charge in [0.1, 0.15) is 12.9 Å². The fourth-order valence-electron chi connectivity index (χ4n) is 0.284. The molecule has 0 atom stereocenters. The van der Waals surface area contributed by atoms with Crippen LogP contribution in [0.5, 0.6) is 0 Å². The third kappa shape index (κ3) is 11.7. The zero-order valence-corrected chi connectivity index (χ0v) is 7.69. The van der Waals surface area contributed by atoms with Crippen LogP contribution in [0, 0.1) is 0 Å². The Morgan fingerprint density at radius 3 is 2.00 bits per heavy atom. The summed E-state index contributed by atoms with van der Waals surface area (Å²) in [6, 6.07) is 0. The second kappa shape index (κ2) is 5.07. The zero-order valence-electron chi connectivity index (χ0n) is 5.95. The Hall–Kier alpha value is 0.253. The molecule has 0 N–H and O–H groups in total. The van der Waals surface area contributed by atoms with Crippen LogP contribution in [0.25, 0.3) is 0 Å². The average molecular weight is 217 g/mol. The molecular weight excluding hydrogens is 205 g/mol. The van der Waals surface area contributed by atoms with Gasteiger partial charge in [-0.25, -0.2) is 0 Å². The zero-order chi connectivity index (χ0) is 6.62. The summed E-state index contributed by atoms with van der Waals surface area (Å²) in [6.07, 6.45) is 0.755. The minimum absolute atomic E-state index is 0. The Bertz CT molecular complexity index is 75.6. The van der Waals surface area contributed by atoms with E-state index in [1.54, 1.807) is 0 Å². The number of ether oxygens (including phenoxy) is 1. The fourth-order valence-corrected chi connectivity index (χ4v) is 0.284. The van der Waals surface area contributed by atoms with Gasteiger partial charge in [-0.3, -0.25) is 0 Å². The van der Waals surface area contributed by atoms with Crippen molar-refractivity contribution in [3.63, 3.8) is 0 Å². The van der Waals surface area contributed by atoms with E-state index in [4.69, 9.17) is 4.74 Å². The molecule has 0 aromatic rings. The predicted molar refractivity (Wildman–Crippen MR) is 31.8 cm³/mol. The van der Waals surface area contributed by atoms with Crippen LogP contribution < -0.4 is 0 Å². The van der Waals surface area contributed by atoms with Gasteiger partial charge in [0.25, 0.3) is 0 Å². The summed E-state index contributed by atoms with van der Waals surface area (Å²) in [4.78, 5) is 9.73. The van der Waals surface area contributed by atoms with Gasteiger partial charge in [0.05, 0.1) is 5.60 Å². The molecule has 0 aromatic carbocycles. The van der Waals surface area contributed by atoms with Crippen molar-refractivity contribution in [1.82, 2.24) is 0 Å². The molecule has 2 nitrogen and oxygen atoms in total. The smallest absolute Gasteiger partial charge is 0.145 e. The van der Waals surface area contributed by atoms with Crippen LogP contribution >= 0.6 is 0 Å². The summed E-state index contributed by atoms with van der Waals surface area (Å²) < 4.78 is 5.01. The first-order valence-electron chi connectivity index (χ1n) is 2.64. The summed E-state index contributed by atoms with van der Waals surface area (Å²) in [6.45, 7) is 5.94. The van der Waals surface area contributed by atoms with Crippen LogP contribution in [-0.4, -0.2) is 18.5 Å². The first-order valence-corrected chi connectivity index (χ1v) is 2.64. The van der Waals surface area contributed by atoms with Crippen LogP contribution in [0.1, 0.15) is 20.8 Å². The van der Waals surface area contributed by atoms with Crippen LogP contribution in [0.4, 0.5) is 0 Å². The van der Waals surface area contributed by atoms with Gasteiger partial charge in [-0.2, -0.15) is 0 Å². The van der Waals surface area contributed by atoms with Crippen molar-refractivity contribution >= 4 is 6.29 Å². The van der Waals surface area contributed by atoms with Crippen molar-refractivity contribution < 1.29 is 29.0 Å². The standard InChI is InChI=1S/C6H12O2.Ru/c1-6(2,3)8-5-4-7;/h4H,5H2,1-3H3;.